The number of sulfonamides is 1. The van der Waals surface area contributed by atoms with E-state index in [2.05, 4.69) is 24.7 Å². The molecule has 0 atom stereocenters. The molecule has 12 heteroatoms. The zero-order valence-electron chi connectivity index (χ0n) is 22.1. The quantitative estimate of drug-likeness (QED) is 0.268. The van der Waals surface area contributed by atoms with Crippen molar-refractivity contribution in [2.24, 2.45) is 0 Å². The van der Waals surface area contributed by atoms with Crippen LogP contribution in [-0.4, -0.2) is 35.5 Å². The van der Waals surface area contributed by atoms with Gasteiger partial charge in [-0.25, -0.2) is 28.4 Å². The van der Waals surface area contributed by atoms with E-state index >= 15 is 0 Å². The second kappa shape index (κ2) is 12.2. The van der Waals surface area contributed by atoms with E-state index in [1.54, 1.807) is 42.5 Å². The predicted molar refractivity (Wildman–Crippen MR) is 138 cm³/mol. The zero-order valence-corrected chi connectivity index (χ0v) is 25.8. The van der Waals surface area contributed by atoms with Crippen LogP contribution in [0.15, 0.2) is 71.9 Å². The van der Waals surface area contributed by atoms with Gasteiger partial charge in [-0.2, -0.15) is 0 Å². The number of halogens is 1. The summed E-state index contributed by atoms with van der Waals surface area (Å²) in [6, 6.07) is 15.1. The van der Waals surface area contributed by atoms with E-state index in [0.29, 0.717) is 11.5 Å². The fourth-order valence-electron chi connectivity index (χ4n) is 3.23. The first-order chi connectivity index (χ1) is 17.1. The molecule has 1 N–H and O–H groups in total. The number of anilines is 1. The van der Waals surface area contributed by atoms with Crippen molar-refractivity contribution < 1.29 is 70.7 Å². The molecule has 2 heterocycles. The van der Waals surface area contributed by atoms with Gasteiger partial charge in [0.2, 0.25) is 11.6 Å². The Hall–Kier alpha value is -2.12. The van der Waals surface area contributed by atoms with Crippen molar-refractivity contribution in [3.05, 3.63) is 77.7 Å². The molecule has 37 heavy (non-hydrogen) atoms. The van der Waals surface area contributed by atoms with Gasteiger partial charge in [-0.05, 0) is 41.3 Å². The molecule has 0 unspecified atom stereocenters. The van der Waals surface area contributed by atoms with Gasteiger partial charge in [0.15, 0.2) is 28.3 Å². The first-order valence-electron chi connectivity index (χ1n) is 10.9. The van der Waals surface area contributed by atoms with Crippen molar-refractivity contribution in [2.45, 2.75) is 31.1 Å². The minimum absolute atomic E-state index is 0. The summed E-state index contributed by atoms with van der Waals surface area (Å²) in [6.07, 6.45) is 3.03. The summed E-state index contributed by atoms with van der Waals surface area (Å²) >= 11 is 6.47. The minimum atomic E-state index is -4.07. The van der Waals surface area contributed by atoms with Gasteiger partial charge < -0.3 is 10.9 Å². The second-order valence-electron chi connectivity index (χ2n) is 8.72. The predicted octanol–water partition coefficient (Wildman–Crippen LogP) is 2.60. The molecular weight excluding hydrogens is 541 g/mol. The summed E-state index contributed by atoms with van der Waals surface area (Å²) in [6.45, 7) is 6.14. The van der Waals surface area contributed by atoms with Gasteiger partial charge >= 0.3 is 51.4 Å². The fourth-order valence-corrected chi connectivity index (χ4v) is 4.44. The van der Waals surface area contributed by atoms with Gasteiger partial charge in [0.25, 0.3) is 10.0 Å². The second-order valence-corrected chi connectivity index (χ2v) is 10.8. The summed E-state index contributed by atoms with van der Waals surface area (Å²) in [5, 5.41) is -0.140. The number of hydrogen-bond acceptors (Lipinski definition) is 8. The maximum atomic E-state index is 13.3. The summed E-state index contributed by atoms with van der Waals surface area (Å²) in [4.78, 5) is 16.9. The van der Waals surface area contributed by atoms with Crippen LogP contribution in [0.5, 0.6) is 17.2 Å². The molecule has 0 bridgehead atoms. The monoisotopic (exact) mass is 565 g/mol. The number of rotatable bonds is 7. The molecule has 0 saturated heterocycles. The molecule has 9 nitrogen and oxygen atoms in total. The number of benzene rings is 2. The van der Waals surface area contributed by atoms with Gasteiger partial charge in [0.1, 0.15) is 0 Å². The number of aromatic nitrogens is 4. The third kappa shape index (κ3) is 7.05. The van der Waals surface area contributed by atoms with Crippen LogP contribution < -0.4 is 65.6 Å². The number of hydrogen-bond donors (Lipinski definition) is 1. The molecule has 2 aromatic heterocycles. The summed E-state index contributed by atoms with van der Waals surface area (Å²) in [5.74, 6) is 0.616. The molecule has 0 saturated carbocycles. The number of nitrogens with one attached hydrogen (secondary N) is 1. The van der Waals surface area contributed by atoms with Crippen molar-refractivity contribution in [3.8, 4) is 28.9 Å². The molecule has 0 amide bonds. The Balaban J connectivity index is 0.00000253. The van der Waals surface area contributed by atoms with Crippen molar-refractivity contribution in [2.75, 3.05) is 11.8 Å². The van der Waals surface area contributed by atoms with Crippen molar-refractivity contribution in [1.29, 1.82) is 0 Å². The fraction of sp³-hybridized carbons (Fsp3) is 0.200. The topological polar surface area (TPSA) is 116 Å². The van der Waals surface area contributed by atoms with E-state index in [4.69, 9.17) is 21.1 Å². The van der Waals surface area contributed by atoms with E-state index in [0.717, 1.165) is 5.56 Å². The molecule has 188 valence electrons. The molecule has 0 spiro atoms. The molecule has 0 aliphatic carbocycles. The summed E-state index contributed by atoms with van der Waals surface area (Å²) in [5.41, 5.74) is 0.867. The maximum Gasteiger partial charge on any atom is 1.00 e. The minimum Gasteiger partial charge on any atom is -1.00 e. The first kappa shape index (κ1) is 29.4. The zero-order chi connectivity index (χ0) is 25.9. The number of ether oxygens (including phenoxy) is 2. The maximum absolute atomic E-state index is 13.3. The molecule has 4 rings (SSSR count). The molecule has 0 radical (unpaired) electrons. The van der Waals surface area contributed by atoms with E-state index < -0.39 is 10.0 Å². The van der Waals surface area contributed by atoms with Crippen LogP contribution >= 0.6 is 11.6 Å². The average molecular weight is 566 g/mol. The number of methoxy groups -OCH3 is 1. The molecule has 2 aromatic carbocycles. The van der Waals surface area contributed by atoms with E-state index in [-0.39, 0.29) is 91.5 Å². The van der Waals surface area contributed by atoms with Crippen molar-refractivity contribution in [1.82, 2.24) is 19.9 Å². The Bertz CT molecular complexity index is 1490. The van der Waals surface area contributed by atoms with Crippen LogP contribution in [0.25, 0.3) is 11.6 Å². The van der Waals surface area contributed by atoms with Gasteiger partial charge in [0.05, 0.1) is 12.0 Å². The van der Waals surface area contributed by atoms with Crippen molar-refractivity contribution in [3.63, 3.8) is 0 Å². The molecule has 4 aromatic rings. The Labute approximate surface area is 265 Å². The number of para-hydroxylation sites is 2. The van der Waals surface area contributed by atoms with Crippen LogP contribution in [0.1, 0.15) is 27.8 Å². The van der Waals surface area contributed by atoms with Gasteiger partial charge in [0, 0.05) is 12.4 Å². The normalized spacial score (nSPS) is 11.4. The van der Waals surface area contributed by atoms with E-state index in [1.807, 2.05) is 20.8 Å². The largest absolute Gasteiger partial charge is 1.00 e. The number of nitrogens with zero attached hydrogens (tertiary/aromatic N) is 4. The van der Waals surface area contributed by atoms with Crippen LogP contribution in [-0.2, 0) is 15.4 Å². The molecule has 0 aliphatic rings. The molecule has 0 aliphatic heterocycles. The third-order valence-corrected chi connectivity index (χ3v) is 6.74. The van der Waals surface area contributed by atoms with E-state index in [9.17, 15) is 8.42 Å². The van der Waals surface area contributed by atoms with Gasteiger partial charge in [-0.3, -0.25) is 4.72 Å². The van der Waals surface area contributed by atoms with E-state index in [1.165, 1.54) is 31.6 Å². The Morgan fingerprint density at radius 2 is 1.51 bits per heavy atom. The Morgan fingerprint density at radius 1 is 0.892 bits per heavy atom. The molecule has 0 fully saturated rings. The van der Waals surface area contributed by atoms with Crippen LogP contribution in [0.4, 0.5) is 5.82 Å². The Kier molecular flexibility index (Phi) is 9.67. The summed E-state index contributed by atoms with van der Waals surface area (Å²) < 4.78 is 40.4. The smallest absolute Gasteiger partial charge is 1.00 e. The SMILES string of the molecule is COc1ccccc1Oc1c(Cl)nc(-c2ncccn2)nc1NS(=O)(=O)c1ccc(C(C)(C)C)cc1.[H-].[K+]. The van der Waals surface area contributed by atoms with Crippen LogP contribution in [0.3, 0.4) is 0 Å². The van der Waals surface area contributed by atoms with Crippen molar-refractivity contribution >= 4 is 27.4 Å². The van der Waals surface area contributed by atoms with Crippen LogP contribution in [0, 0.1) is 0 Å². The van der Waals surface area contributed by atoms with Crippen LogP contribution in [0.2, 0.25) is 5.15 Å². The van der Waals surface area contributed by atoms with Gasteiger partial charge in [-0.15, -0.1) is 0 Å². The standard InChI is InChI=1S/C25H24ClN5O4S.K.H/c1-25(2,3)16-10-12-17(13-11-16)36(32,33)31-22-20(35-19-9-6-5-8-18(19)34-4)21(26)29-24(30-22)23-27-14-7-15-28-23;;/h5-15H,1-4H3,(H,29,30,31);;/q;+1;-1. The van der Waals surface area contributed by atoms with Gasteiger partial charge in [-0.1, -0.05) is 56.6 Å². The average Bonchev–Trinajstić information content (AvgIpc) is 2.86. The Morgan fingerprint density at radius 3 is 2.11 bits per heavy atom. The first-order valence-corrected chi connectivity index (χ1v) is 12.7. The third-order valence-electron chi connectivity index (χ3n) is 5.13. The molecular formula is C25H25ClKN5O4S. The summed E-state index contributed by atoms with van der Waals surface area (Å²) in [7, 11) is -2.59.